The molecule has 0 bridgehead atoms. The van der Waals surface area contributed by atoms with Crippen LogP contribution in [0.5, 0.6) is 0 Å². The molecule has 14 heteroatoms. The Bertz CT molecular complexity index is 1910. The normalized spacial score (nSPS) is 11.1. The number of carbonyl (C=O) groups is 2. The van der Waals surface area contributed by atoms with Crippen molar-refractivity contribution in [3.63, 3.8) is 0 Å². The van der Waals surface area contributed by atoms with Crippen LogP contribution >= 0.6 is 0 Å². The van der Waals surface area contributed by atoms with Crippen molar-refractivity contribution < 1.29 is 37.3 Å². The number of aryl methyl sites for hydroxylation is 8. The first-order valence-electron chi connectivity index (χ1n) is 17.9. The highest BCUT2D eigenvalue weighted by Crippen LogP contribution is 2.16. The molecule has 0 aliphatic heterocycles. The van der Waals surface area contributed by atoms with Gasteiger partial charge < -0.3 is 9.47 Å². The van der Waals surface area contributed by atoms with Crippen molar-refractivity contribution in [2.45, 2.75) is 58.3 Å². The first-order valence-corrected chi connectivity index (χ1v) is 17.9. The zero-order valence-corrected chi connectivity index (χ0v) is 30.3. The van der Waals surface area contributed by atoms with Gasteiger partial charge in [0, 0.05) is 86.9 Å². The molecule has 6 heterocycles. The molecule has 0 atom stereocenters. The fourth-order valence-electron chi connectivity index (χ4n) is 5.64. The highest BCUT2D eigenvalue weighted by Gasteiger charge is 2.13. The highest BCUT2D eigenvalue weighted by molar-refractivity contribution is 5.91. The van der Waals surface area contributed by atoms with Crippen molar-refractivity contribution >= 4 is 11.9 Å². The summed E-state index contributed by atoms with van der Waals surface area (Å²) in [6.07, 6.45) is 22.4. The number of esters is 2. The predicted molar refractivity (Wildman–Crippen MR) is 190 cm³/mol. The molecule has 0 saturated carbocycles. The Balaban J connectivity index is 0.798. The lowest BCUT2D eigenvalue weighted by molar-refractivity contribution is -0.696. The van der Waals surface area contributed by atoms with E-state index in [2.05, 4.69) is 103 Å². The molecule has 53 heavy (non-hydrogen) atoms. The van der Waals surface area contributed by atoms with Crippen LogP contribution < -0.4 is 18.3 Å². The van der Waals surface area contributed by atoms with Crippen molar-refractivity contribution in [3.8, 4) is 22.3 Å². The second kappa shape index (κ2) is 18.4. The van der Waals surface area contributed by atoms with Gasteiger partial charge in [-0.3, -0.25) is 19.0 Å². The largest absolute Gasteiger partial charge is 0.465 e. The Morgan fingerprint density at radius 3 is 1.30 bits per heavy atom. The molecule has 6 aromatic heterocycles. The van der Waals surface area contributed by atoms with Gasteiger partial charge in [0.25, 0.3) is 0 Å². The van der Waals surface area contributed by atoms with Gasteiger partial charge in [-0.25, -0.2) is 18.3 Å². The fraction of sp³-hybridized carbons (Fsp3) is 0.333. The summed E-state index contributed by atoms with van der Waals surface area (Å²) in [4.78, 5) is 24.3. The summed E-state index contributed by atoms with van der Waals surface area (Å²) < 4.78 is 22.2. The van der Waals surface area contributed by atoms with Crippen molar-refractivity contribution in [1.82, 2.24) is 30.0 Å². The van der Waals surface area contributed by atoms with Crippen LogP contribution in [-0.4, -0.2) is 55.1 Å². The summed E-state index contributed by atoms with van der Waals surface area (Å²) in [6.45, 7) is 3.00. The van der Waals surface area contributed by atoms with Gasteiger partial charge in [-0.2, -0.15) is 0 Å². The van der Waals surface area contributed by atoms with Crippen LogP contribution in [0.4, 0.5) is 0 Å². The highest BCUT2D eigenvalue weighted by atomic mass is 16.6. The monoisotopic (exact) mass is 718 g/mol. The standard InChI is InChI=1S/C39H46N10O4/c1-44-17-5-32(6-18-44)34-9-21-46(22-10-34)25-13-36-30-48(42-40-36)15-3-27-52-38(50)29-39(51)53-28-4-16-49-31-37(41-43-49)14-26-47-23-11-35(12-24-47)33-7-19-45(2)20-8-33/h5-12,17-24,30-31H,3-4,13-16,25-29H2,1-2H3/q+4. The number of aromatic nitrogens is 10. The Kier molecular flexibility index (Phi) is 12.7. The second-order valence-electron chi connectivity index (χ2n) is 12.9. The van der Waals surface area contributed by atoms with E-state index in [1.165, 1.54) is 22.3 Å². The van der Waals surface area contributed by atoms with Crippen LogP contribution in [0, 0.1) is 0 Å². The number of hydrogen-bond acceptors (Lipinski definition) is 8. The predicted octanol–water partition coefficient (Wildman–Crippen LogP) is 1.87. The van der Waals surface area contributed by atoms with Gasteiger partial charge in [-0.1, -0.05) is 10.4 Å². The zero-order valence-electron chi connectivity index (χ0n) is 30.3. The quantitative estimate of drug-likeness (QED) is 0.0571. The van der Waals surface area contributed by atoms with Crippen LogP contribution in [0.3, 0.4) is 0 Å². The van der Waals surface area contributed by atoms with Crippen LogP contribution in [0.15, 0.2) is 110 Å². The molecule has 0 aromatic carbocycles. The maximum Gasteiger partial charge on any atom is 0.317 e. The molecular weight excluding hydrogens is 672 g/mol. The van der Waals surface area contributed by atoms with E-state index in [1.807, 2.05) is 60.4 Å². The minimum atomic E-state index is -0.610. The zero-order chi connectivity index (χ0) is 36.8. The summed E-state index contributed by atoms with van der Waals surface area (Å²) in [5, 5.41) is 16.9. The number of hydrogen-bond donors (Lipinski definition) is 0. The lowest BCUT2D eigenvalue weighted by Gasteiger charge is -2.06. The molecule has 0 aliphatic rings. The number of rotatable bonds is 18. The molecule has 0 spiro atoms. The van der Waals surface area contributed by atoms with Crippen LogP contribution in [0.25, 0.3) is 22.3 Å². The Labute approximate surface area is 308 Å². The number of nitrogens with zero attached hydrogens (tertiary/aromatic N) is 10. The van der Waals surface area contributed by atoms with E-state index in [4.69, 9.17) is 9.47 Å². The molecule has 6 rings (SSSR count). The van der Waals surface area contributed by atoms with Crippen LogP contribution in [0.1, 0.15) is 30.7 Å². The number of carbonyl (C=O) groups excluding carboxylic acids is 2. The second-order valence-corrected chi connectivity index (χ2v) is 12.9. The first-order chi connectivity index (χ1) is 25.9. The summed E-state index contributed by atoms with van der Waals surface area (Å²) in [7, 11) is 4.01. The molecular formula is C39H46N10O4+4. The molecule has 0 fully saturated rings. The van der Waals surface area contributed by atoms with Gasteiger partial charge in [-0.05, 0) is 22.3 Å². The lowest BCUT2D eigenvalue weighted by atomic mass is 10.1. The van der Waals surface area contributed by atoms with E-state index in [1.54, 1.807) is 9.36 Å². The van der Waals surface area contributed by atoms with Gasteiger partial charge in [0.15, 0.2) is 62.7 Å². The summed E-state index contributed by atoms with van der Waals surface area (Å²) in [5.41, 5.74) is 6.46. The third-order valence-corrected chi connectivity index (χ3v) is 8.71. The Hall–Kier alpha value is -6.18. The lowest BCUT2D eigenvalue weighted by Crippen LogP contribution is -2.33. The smallest absolute Gasteiger partial charge is 0.317 e. The molecule has 0 aliphatic carbocycles. The topological polar surface area (TPSA) is 130 Å². The van der Waals surface area contributed by atoms with Crippen molar-refractivity contribution in [1.29, 1.82) is 0 Å². The maximum atomic E-state index is 12.1. The minimum Gasteiger partial charge on any atom is -0.465 e. The SMILES string of the molecule is C[n+]1ccc(-c2cc[n+](CCc3cn(CCCOC(=O)CC(=O)OCCCn4cc(CC[n+]5ccc(-c6cc[n+](C)cc6)cc5)nn4)nn3)cc2)cc1. The molecule has 0 amide bonds. The van der Waals surface area contributed by atoms with E-state index in [-0.39, 0.29) is 13.2 Å². The molecule has 6 aromatic rings. The van der Waals surface area contributed by atoms with Gasteiger partial charge in [0.05, 0.1) is 37.4 Å². The van der Waals surface area contributed by atoms with Crippen molar-refractivity contribution in [2.75, 3.05) is 13.2 Å². The van der Waals surface area contributed by atoms with Crippen molar-refractivity contribution in [3.05, 3.63) is 122 Å². The third-order valence-electron chi connectivity index (χ3n) is 8.71. The summed E-state index contributed by atoms with van der Waals surface area (Å²) in [5.74, 6) is -1.22. The molecule has 0 N–H and O–H groups in total. The van der Waals surface area contributed by atoms with Crippen LogP contribution in [0.2, 0.25) is 0 Å². The fourth-order valence-corrected chi connectivity index (χ4v) is 5.64. The van der Waals surface area contributed by atoms with E-state index >= 15 is 0 Å². The van der Waals surface area contributed by atoms with E-state index < -0.39 is 18.4 Å². The Morgan fingerprint density at radius 2 is 0.925 bits per heavy atom. The van der Waals surface area contributed by atoms with Gasteiger partial charge >= 0.3 is 11.9 Å². The maximum absolute atomic E-state index is 12.1. The molecule has 272 valence electrons. The Morgan fingerprint density at radius 1 is 0.566 bits per heavy atom. The van der Waals surface area contributed by atoms with E-state index in [9.17, 15) is 9.59 Å². The third kappa shape index (κ3) is 11.4. The van der Waals surface area contributed by atoms with Gasteiger partial charge in [0.2, 0.25) is 0 Å². The van der Waals surface area contributed by atoms with Gasteiger partial charge in [-0.15, -0.1) is 10.2 Å². The molecule has 0 radical (unpaired) electrons. The van der Waals surface area contributed by atoms with Gasteiger partial charge in [0.1, 0.15) is 20.5 Å². The average molecular weight is 719 g/mol. The summed E-state index contributed by atoms with van der Waals surface area (Å²) in [6, 6.07) is 16.8. The van der Waals surface area contributed by atoms with E-state index in [0.717, 1.165) is 37.3 Å². The molecule has 0 unspecified atom stereocenters. The average Bonchev–Trinajstić information content (AvgIpc) is 3.84. The molecule has 14 nitrogen and oxygen atoms in total. The van der Waals surface area contributed by atoms with Crippen LogP contribution in [-0.2, 0) is 72.2 Å². The number of ether oxygens (including phenoxy) is 2. The van der Waals surface area contributed by atoms with E-state index in [0.29, 0.717) is 25.9 Å². The first kappa shape index (κ1) is 36.6. The van der Waals surface area contributed by atoms with Crippen molar-refractivity contribution in [2.24, 2.45) is 14.1 Å². The number of pyridine rings is 4. The minimum absolute atomic E-state index is 0.175. The molecule has 0 saturated heterocycles. The summed E-state index contributed by atoms with van der Waals surface area (Å²) >= 11 is 0.